The van der Waals surface area contributed by atoms with E-state index in [2.05, 4.69) is 0 Å². The maximum Gasteiger partial charge on any atom is 0.393 e. The highest BCUT2D eigenvalue weighted by Crippen LogP contribution is 2.62. The summed E-state index contributed by atoms with van der Waals surface area (Å²) < 4.78 is 21.4. The van der Waals surface area contributed by atoms with Gasteiger partial charge in [-0.05, 0) is 30.4 Å². The second kappa shape index (κ2) is 5.64. The smallest absolute Gasteiger partial charge is 0.304 e. The second-order valence-corrected chi connectivity index (χ2v) is 7.15. The van der Waals surface area contributed by atoms with E-state index in [0.717, 1.165) is 16.3 Å². The SMILES string of the molecule is COP(=O)(OC)Sc1ccc(C(C)=O)cc1. The van der Waals surface area contributed by atoms with Crippen LogP contribution in [0.25, 0.3) is 0 Å². The van der Waals surface area contributed by atoms with Crippen molar-refractivity contribution in [1.29, 1.82) is 0 Å². The topological polar surface area (TPSA) is 52.6 Å². The summed E-state index contributed by atoms with van der Waals surface area (Å²) >= 11 is 1.01. The zero-order valence-electron chi connectivity index (χ0n) is 9.30. The largest absolute Gasteiger partial charge is 0.393 e. The Labute approximate surface area is 98.6 Å². The van der Waals surface area contributed by atoms with E-state index in [1.165, 1.54) is 21.1 Å². The van der Waals surface area contributed by atoms with Crippen LogP contribution in [0.3, 0.4) is 0 Å². The summed E-state index contributed by atoms with van der Waals surface area (Å²) in [4.78, 5) is 11.8. The average molecular weight is 260 g/mol. The Bertz CT molecular complexity index is 407. The molecular weight excluding hydrogens is 247 g/mol. The monoisotopic (exact) mass is 260 g/mol. The molecule has 88 valence electrons. The van der Waals surface area contributed by atoms with Crippen LogP contribution in [-0.2, 0) is 13.6 Å². The highest BCUT2D eigenvalue weighted by molar-refractivity contribution is 8.55. The number of hydrogen-bond donors (Lipinski definition) is 0. The molecule has 6 heteroatoms. The summed E-state index contributed by atoms with van der Waals surface area (Å²) in [5.74, 6) is -0.00165. The Kier molecular flexibility index (Phi) is 4.74. The lowest BCUT2D eigenvalue weighted by Crippen LogP contribution is -1.90. The molecule has 0 spiro atoms. The molecule has 4 nitrogen and oxygen atoms in total. The van der Waals surface area contributed by atoms with Crippen molar-refractivity contribution in [1.82, 2.24) is 0 Å². The standard InChI is InChI=1S/C10H13O4PS/c1-8(11)9-4-6-10(7-5-9)16-15(12,13-2)14-3/h4-7H,1-3H3. The molecule has 0 heterocycles. The molecule has 0 aromatic heterocycles. The molecule has 1 aromatic carbocycles. The van der Waals surface area contributed by atoms with Crippen molar-refractivity contribution in [3.05, 3.63) is 29.8 Å². The molecule has 0 aliphatic rings. The second-order valence-electron chi connectivity index (χ2n) is 2.98. The summed E-state index contributed by atoms with van der Waals surface area (Å²) in [6.45, 7) is -1.61. The fraction of sp³-hybridized carbons (Fsp3) is 0.300. The van der Waals surface area contributed by atoms with E-state index in [1.807, 2.05) is 0 Å². The molecule has 0 aliphatic carbocycles. The van der Waals surface area contributed by atoms with Crippen molar-refractivity contribution in [2.45, 2.75) is 11.8 Å². The first kappa shape index (κ1) is 13.5. The van der Waals surface area contributed by atoms with E-state index in [9.17, 15) is 9.36 Å². The Hall–Kier alpha value is -0.610. The van der Waals surface area contributed by atoms with Crippen molar-refractivity contribution in [2.24, 2.45) is 0 Å². The summed E-state index contributed by atoms with van der Waals surface area (Å²) in [6, 6.07) is 6.79. The van der Waals surface area contributed by atoms with Gasteiger partial charge in [0.1, 0.15) is 0 Å². The number of Topliss-reactive ketones (excluding diaryl/α,β-unsaturated/α-hetero) is 1. The van der Waals surface area contributed by atoms with Gasteiger partial charge in [0, 0.05) is 24.7 Å². The number of carbonyl (C=O) groups is 1. The first-order valence-corrected chi connectivity index (χ1v) is 7.49. The first-order valence-electron chi connectivity index (χ1n) is 4.53. The number of hydrogen-bond acceptors (Lipinski definition) is 5. The molecule has 0 amide bonds. The van der Waals surface area contributed by atoms with Crippen molar-refractivity contribution in [2.75, 3.05) is 14.2 Å². The molecule has 0 bridgehead atoms. The van der Waals surface area contributed by atoms with Gasteiger partial charge in [-0.15, -0.1) is 0 Å². The van der Waals surface area contributed by atoms with Gasteiger partial charge in [0.05, 0.1) is 0 Å². The third-order valence-corrected chi connectivity index (χ3v) is 5.72. The molecule has 0 unspecified atom stereocenters. The lowest BCUT2D eigenvalue weighted by molar-refractivity contribution is 0.101. The first-order chi connectivity index (χ1) is 7.50. The molecule has 1 aromatic rings. The molecule has 1 rings (SSSR count). The van der Waals surface area contributed by atoms with Gasteiger partial charge in [0.2, 0.25) is 0 Å². The van der Waals surface area contributed by atoms with E-state index in [-0.39, 0.29) is 5.78 Å². The molecule has 0 fully saturated rings. The Morgan fingerprint density at radius 1 is 1.19 bits per heavy atom. The Morgan fingerprint density at radius 3 is 2.06 bits per heavy atom. The van der Waals surface area contributed by atoms with Crippen LogP contribution >= 0.6 is 18.2 Å². The molecule has 0 saturated heterocycles. The number of rotatable bonds is 5. The van der Waals surface area contributed by atoms with Crippen LogP contribution in [0, 0.1) is 0 Å². The number of benzene rings is 1. The van der Waals surface area contributed by atoms with E-state index in [4.69, 9.17) is 9.05 Å². The quantitative estimate of drug-likeness (QED) is 0.600. The van der Waals surface area contributed by atoms with Gasteiger partial charge in [-0.2, -0.15) is 0 Å². The molecule has 0 saturated carbocycles. The fourth-order valence-electron chi connectivity index (χ4n) is 1.03. The molecule has 0 atom stereocenters. The molecule has 16 heavy (non-hydrogen) atoms. The maximum absolute atomic E-state index is 11.8. The lowest BCUT2D eigenvalue weighted by Gasteiger charge is -2.12. The van der Waals surface area contributed by atoms with Gasteiger partial charge in [-0.25, -0.2) is 4.57 Å². The van der Waals surface area contributed by atoms with Gasteiger partial charge in [-0.1, -0.05) is 12.1 Å². The zero-order chi connectivity index (χ0) is 12.2. The minimum atomic E-state index is -3.11. The predicted octanol–water partition coefficient (Wildman–Crippen LogP) is 3.38. The Morgan fingerprint density at radius 2 is 1.69 bits per heavy atom. The Balaban J connectivity index is 2.83. The van der Waals surface area contributed by atoms with Crippen LogP contribution in [0.4, 0.5) is 0 Å². The van der Waals surface area contributed by atoms with E-state index < -0.39 is 6.80 Å². The minimum Gasteiger partial charge on any atom is -0.304 e. The third kappa shape index (κ3) is 3.46. The van der Waals surface area contributed by atoms with Crippen LogP contribution in [-0.4, -0.2) is 20.0 Å². The van der Waals surface area contributed by atoms with E-state index >= 15 is 0 Å². The van der Waals surface area contributed by atoms with Crippen molar-refractivity contribution < 1.29 is 18.4 Å². The molecule has 0 aliphatic heterocycles. The van der Waals surface area contributed by atoms with Gasteiger partial charge in [-0.3, -0.25) is 4.79 Å². The average Bonchev–Trinajstić information content (AvgIpc) is 2.29. The normalized spacial score (nSPS) is 11.4. The third-order valence-electron chi connectivity index (χ3n) is 1.93. The van der Waals surface area contributed by atoms with Crippen LogP contribution in [0.5, 0.6) is 0 Å². The molecule has 0 N–H and O–H groups in total. The summed E-state index contributed by atoms with van der Waals surface area (Å²) in [6.07, 6.45) is 0. The van der Waals surface area contributed by atoms with Gasteiger partial charge in [0.15, 0.2) is 5.78 Å². The van der Waals surface area contributed by atoms with E-state index in [0.29, 0.717) is 5.56 Å². The highest BCUT2D eigenvalue weighted by Gasteiger charge is 2.22. The number of ketones is 1. The molecular formula is C10H13O4PS. The van der Waals surface area contributed by atoms with Crippen LogP contribution in [0.1, 0.15) is 17.3 Å². The summed E-state index contributed by atoms with van der Waals surface area (Å²) in [5, 5.41) is 0. The summed E-state index contributed by atoms with van der Waals surface area (Å²) in [5.41, 5.74) is 0.619. The van der Waals surface area contributed by atoms with Crippen molar-refractivity contribution in [3.8, 4) is 0 Å². The van der Waals surface area contributed by atoms with Gasteiger partial charge in [0.25, 0.3) is 0 Å². The van der Waals surface area contributed by atoms with Crippen molar-refractivity contribution in [3.63, 3.8) is 0 Å². The van der Waals surface area contributed by atoms with Crippen LogP contribution in [0.2, 0.25) is 0 Å². The number of carbonyl (C=O) groups excluding carboxylic acids is 1. The zero-order valence-corrected chi connectivity index (χ0v) is 11.0. The van der Waals surface area contributed by atoms with Crippen LogP contribution < -0.4 is 0 Å². The van der Waals surface area contributed by atoms with Gasteiger partial charge < -0.3 is 9.05 Å². The minimum absolute atomic E-state index is 0.00165. The summed E-state index contributed by atoms with van der Waals surface area (Å²) in [7, 11) is 2.67. The highest BCUT2D eigenvalue weighted by atomic mass is 32.7. The van der Waals surface area contributed by atoms with E-state index in [1.54, 1.807) is 24.3 Å². The fourth-order valence-corrected chi connectivity index (χ4v) is 3.43. The lowest BCUT2D eigenvalue weighted by atomic mass is 10.2. The molecule has 0 radical (unpaired) electrons. The maximum atomic E-state index is 11.8. The van der Waals surface area contributed by atoms with Gasteiger partial charge >= 0.3 is 6.80 Å². The predicted molar refractivity (Wildman–Crippen MR) is 63.9 cm³/mol. The van der Waals surface area contributed by atoms with Crippen LogP contribution in [0.15, 0.2) is 29.2 Å². The van der Waals surface area contributed by atoms with Crippen molar-refractivity contribution >= 4 is 24.0 Å².